The second kappa shape index (κ2) is 5.38. The maximum atomic E-state index is 12.9. The van der Waals surface area contributed by atoms with Crippen molar-refractivity contribution in [3.05, 3.63) is 35.9 Å². The normalized spacial score (nSPS) is 32.6. The van der Waals surface area contributed by atoms with Crippen LogP contribution in [0.5, 0.6) is 0 Å². The van der Waals surface area contributed by atoms with E-state index in [-0.39, 0.29) is 0 Å². The predicted octanol–water partition coefficient (Wildman–Crippen LogP) is 2.77. The molecule has 3 atom stereocenters. The molecule has 3 heteroatoms. The van der Waals surface area contributed by atoms with Gasteiger partial charge >= 0.3 is 0 Å². The molecule has 0 aromatic heterocycles. The van der Waals surface area contributed by atoms with E-state index in [1.807, 2.05) is 6.07 Å². The molecule has 1 saturated heterocycles. The molecule has 22 heavy (non-hydrogen) atoms. The van der Waals surface area contributed by atoms with Crippen LogP contribution in [-0.2, 0) is 4.79 Å². The fourth-order valence-corrected chi connectivity index (χ4v) is 4.92. The number of rotatable bonds is 3. The molecule has 0 radical (unpaired) electrons. The van der Waals surface area contributed by atoms with E-state index < -0.39 is 0 Å². The number of nitrogens with two attached hydrogens (primary N) is 1. The Morgan fingerprint density at radius 3 is 2.59 bits per heavy atom. The summed E-state index contributed by atoms with van der Waals surface area (Å²) in [4.78, 5) is 15.0. The molecule has 1 spiro atoms. The number of carbonyl (C=O) groups is 1. The molecule has 2 saturated carbocycles. The molecule has 1 amide bonds. The van der Waals surface area contributed by atoms with E-state index in [1.165, 1.54) is 31.2 Å². The minimum Gasteiger partial charge on any atom is -0.341 e. The van der Waals surface area contributed by atoms with Crippen LogP contribution in [0.4, 0.5) is 0 Å². The second-order valence-corrected chi connectivity index (χ2v) is 7.58. The number of amides is 1. The number of hydrogen-bond acceptors (Lipinski definition) is 2. The average Bonchev–Trinajstić information content (AvgIpc) is 2.91. The molecule has 3 nitrogen and oxygen atoms in total. The minimum absolute atomic E-state index is 0.322. The first kappa shape index (κ1) is 14.3. The van der Waals surface area contributed by atoms with Crippen molar-refractivity contribution in [3.8, 4) is 0 Å². The summed E-state index contributed by atoms with van der Waals surface area (Å²) in [5.41, 5.74) is 7.73. The van der Waals surface area contributed by atoms with E-state index >= 15 is 0 Å². The molecule has 4 rings (SSSR count). The zero-order valence-corrected chi connectivity index (χ0v) is 13.2. The van der Waals surface area contributed by atoms with Crippen molar-refractivity contribution in [1.82, 2.24) is 4.90 Å². The Morgan fingerprint density at radius 1 is 1.18 bits per heavy atom. The highest BCUT2D eigenvalue weighted by Gasteiger charge is 2.60. The molecule has 2 aliphatic carbocycles. The Kier molecular flexibility index (Phi) is 3.48. The summed E-state index contributed by atoms with van der Waals surface area (Å²) < 4.78 is 0. The molecule has 0 bridgehead atoms. The molecule has 1 aromatic carbocycles. The van der Waals surface area contributed by atoms with Crippen molar-refractivity contribution in [3.63, 3.8) is 0 Å². The summed E-state index contributed by atoms with van der Waals surface area (Å²) in [6.07, 6.45) is 6.34. The number of nitrogens with zero attached hydrogens (tertiary/aromatic N) is 1. The third kappa shape index (κ3) is 2.26. The Hall–Kier alpha value is -1.35. The first-order valence-electron chi connectivity index (χ1n) is 8.77. The monoisotopic (exact) mass is 298 g/mol. The van der Waals surface area contributed by atoms with Crippen LogP contribution in [0, 0.1) is 17.3 Å². The lowest BCUT2D eigenvalue weighted by atomic mass is 9.89. The first-order chi connectivity index (χ1) is 10.7. The Bertz CT molecular complexity index is 550. The van der Waals surface area contributed by atoms with Crippen LogP contribution in [0.2, 0.25) is 0 Å². The molecule has 1 aliphatic heterocycles. The molecule has 3 aliphatic rings. The van der Waals surface area contributed by atoms with Gasteiger partial charge in [-0.2, -0.15) is 0 Å². The third-order valence-electron chi connectivity index (χ3n) is 6.37. The fourth-order valence-electron chi connectivity index (χ4n) is 4.92. The summed E-state index contributed by atoms with van der Waals surface area (Å²) in [5.74, 6) is 1.56. The van der Waals surface area contributed by atoms with Crippen molar-refractivity contribution in [1.29, 1.82) is 0 Å². The summed E-state index contributed by atoms with van der Waals surface area (Å²) in [6.45, 7) is 2.37. The molecule has 1 aromatic rings. The van der Waals surface area contributed by atoms with Gasteiger partial charge in [-0.15, -0.1) is 0 Å². The topological polar surface area (TPSA) is 46.3 Å². The van der Waals surface area contributed by atoms with Crippen LogP contribution < -0.4 is 5.73 Å². The average molecular weight is 298 g/mol. The second-order valence-electron chi connectivity index (χ2n) is 7.58. The SMILES string of the molecule is NC[C@@H]1CN(C(=O)C2CC23CCCC3)C[C@H]1c1ccccc1. The summed E-state index contributed by atoms with van der Waals surface area (Å²) in [7, 11) is 0. The zero-order valence-electron chi connectivity index (χ0n) is 13.2. The smallest absolute Gasteiger partial charge is 0.226 e. The molecular weight excluding hydrogens is 272 g/mol. The minimum atomic E-state index is 0.322. The lowest BCUT2D eigenvalue weighted by Gasteiger charge is -2.18. The highest BCUT2D eigenvalue weighted by atomic mass is 16.2. The Labute approximate surface area is 132 Å². The van der Waals surface area contributed by atoms with E-state index in [0.29, 0.717) is 35.6 Å². The van der Waals surface area contributed by atoms with Gasteiger partial charge in [-0.3, -0.25) is 4.79 Å². The van der Waals surface area contributed by atoms with Gasteiger partial charge in [0.15, 0.2) is 0 Å². The van der Waals surface area contributed by atoms with Crippen LogP contribution in [0.15, 0.2) is 30.3 Å². The van der Waals surface area contributed by atoms with Crippen molar-refractivity contribution >= 4 is 5.91 Å². The highest BCUT2D eigenvalue weighted by Crippen LogP contribution is 2.63. The predicted molar refractivity (Wildman–Crippen MR) is 87.3 cm³/mol. The van der Waals surface area contributed by atoms with E-state index in [0.717, 1.165) is 19.5 Å². The summed E-state index contributed by atoms with van der Waals surface area (Å²) >= 11 is 0. The van der Waals surface area contributed by atoms with Gasteiger partial charge in [0, 0.05) is 24.9 Å². The first-order valence-corrected chi connectivity index (χ1v) is 8.77. The zero-order chi connectivity index (χ0) is 15.2. The van der Waals surface area contributed by atoms with E-state index in [2.05, 4.69) is 29.2 Å². The largest absolute Gasteiger partial charge is 0.341 e. The maximum Gasteiger partial charge on any atom is 0.226 e. The van der Waals surface area contributed by atoms with Crippen molar-refractivity contribution in [2.45, 2.75) is 38.0 Å². The van der Waals surface area contributed by atoms with Gasteiger partial charge in [0.05, 0.1) is 0 Å². The van der Waals surface area contributed by atoms with Gasteiger partial charge in [0.25, 0.3) is 0 Å². The van der Waals surface area contributed by atoms with Gasteiger partial charge < -0.3 is 10.6 Å². The van der Waals surface area contributed by atoms with Gasteiger partial charge in [-0.25, -0.2) is 0 Å². The number of benzene rings is 1. The van der Waals surface area contributed by atoms with Gasteiger partial charge in [-0.05, 0) is 42.7 Å². The van der Waals surface area contributed by atoms with Crippen molar-refractivity contribution in [2.75, 3.05) is 19.6 Å². The van der Waals surface area contributed by atoms with E-state index in [1.54, 1.807) is 0 Å². The number of hydrogen-bond donors (Lipinski definition) is 1. The van der Waals surface area contributed by atoms with Crippen molar-refractivity contribution < 1.29 is 4.79 Å². The van der Waals surface area contributed by atoms with Crippen LogP contribution in [0.25, 0.3) is 0 Å². The standard InChI is InChI=1S/C19H26N2O/c20-11-15-12-21(13-16(15)14-6-2-1-3-7-14)18(22)17-10-19(17)8-4-5-9-19/h1-3,6-7,15-17H,4-5,8-13,20H2/t15-,16+,17?/m1/s1. The highest BCUT2D eigenvalue weighted by molar-refractivity contribution is 5.83. The molecular formula is C19H26N2O. The Morgan fingerprint density at radius 2 is 1.91 bits per heavy atom. The lowest BCUT2D eigenvalue weighted by Crippen LogP contribution is -2.32. The number of carbonyl (C=O) groups excluding carboxylic acids is 1. The summed E-state index contributed by atoms with van der Waals surface area (Å²) in [6, 6.07) is 10.6. The van der Waals surface area contributed by atoms with Crippen LogP contribution in [-0.4, -0.2) is 30.4 Å². The van der Waals surface area contributed by atoms with E-state index in [4.69, 9.17) is 5.73 Å². The number of likely N-dealkylation sites (tertiary alicyclic amines) is 1. The quantitative estimate of drug-likeness (QED) is 0.932. The van der Waals surface area contributed by atoms with Crippen LogP contribution >= 0.6 is 0 Å². The molecule has 118 valence electrons. The lowest BCUT2D eigenvalue weighted by molar-refractivity contribution is -0.132. The summed E-state index contributed by atoms with van der Waals surface area (Å²) in [5, 5.41) is 0. The molecule has 3 fully saturated rings. The maximum absolute atomic E-state index is 12.9. The molecule has 2 N–H and O–H groups in total. The molecule has 1 heterocycles. The fraction of sp³-hybridized carbons (Fsp3) is 0.632. The molecule has 1 unspecified atom stereocenters. The van der Waals surface area contributed by atoms with Crippen LogP contribution in [0.1, 0.15) is 43.6 Å². The third-order valence-corrected chi connectivity index (χ3v) is 6.37. The van der Waals surface area contributed by atoms with Crippen LogP contribution in [0.3, 0.4) is 0 Å². The van der Waals surface area contributed by atoms with E-state index in [9.17, 15) is 4.79 Å². The Balaban J connectivity index is 1.47. The van der Waals surface area contributed by atoms with Gasteiger partial charge in [0.1, 0.15) is 0 Å². The van der Waals surface area contributed by atoms with Gasteiger partial charge in [-0.1, -0.05) is 43.2 Å². The van der Waals surface area contributed by atoms with Gasteiger partial charge in [0.2, 0.25) is 5.91 Å². The van der Waals surface area contributed by atoms with Crippen molar-refractivity contribution in [2.24, 2.45) is 23.0 Å².